The first-order valence-corrected chi connectivity index (χ1v) is 10.6. The lowest BCUT2D eigenvalue weighted by molar-refractivity contribution is 0.720. The van der Waals surface area contributed by atoms with Gasteiger partial charge in [-0.3, -0.25) is 4.98 Å². The molecule has 0 amide bonds. The molecule has 2 aliphatic rings. The number of benzene rings is 1. The highest BCUT2D eigenvalue weighted by Crippen LogP contribution is 2.26. The van der Waals surface area contributed by atoms with Crippen molar-refractivity contribution < 1.29 is 0 Å². The SMILES string of the molecule is Clc1ccc2ncc(N[C@H]3CC[C@H](Nc4ccc(N5C=CC=CC5)cn4)C3)nc2c1. The van der Waals surface area contributed by atoms with Gasteiger partial charge in [0.05, 0.1) is 29.1 Å². The van der Waals surface area contributed by atoms with Gasteiger partial charge in [-0.1, -0.05) is 23.8 Å². The second-order valence-electron chi connectivity index (χ2n) is 7.71. The van der Waals surface area contributed by atoms with E-state index in [0.717, 1.165) is 54.2 Å². The van der Waals surface area contributed by atoms with Gasteiger partial charge < -0.3 is 15.5 Å². The van der Waals surface area contributed by atoms with Gasteiger partial charge in [-0.05, 0) is 55.7 Å². The molecule has 152 valence electrons. The molecule has 1 saturated carbocycles. The summed E-state index contributed by atoms with van der Waals surface area (Å²) in [5.74, 6) is 1.71. The molecule has 1 fully saturated rings. The quantitative estimate of drug-likeness (QED) is 0.607. The summed E-state index contributed by atoms with van der Waals surface area (Å²) in [6.45, 7) is 0.880. The summed E-state index contributed by atoms with van der Waals surface area (Å²) in [7, 11) is 0. The van der Waals surface area contributed by atoms with E-state index >= 15 is 0 Å². The topological polar surface area (TPSA) is 66.0 Å². The zero-order valence-electron chi connectivity index (χ0n) is 16.5. The van der Waals surface area contributed by atoms with Gasteiger partial charge in [0.1, 0.15) is 11.6 Å². The molecule has 2 N–H and O–H groups in total. The molecular formula is C23H23ClN6. The van der Waals surface area contributed by atoms with E-state index in [1.807, 2.05) is 30.5 Å². The van der Waals surface area contributed by atoms with Crippen molar-refractivity contribution in [3.8, 4) is 0 Å². The van der Waals surface area contributed by atoms with Crippen LogP contribution in [0, 0.1) is 0 Å². The van der Waals surface area contributed by atoms with Crippen molar-refractivity contribution in [1.82, 2.24) is 15.0 Å². The molecule has 1 aliphatic carbocycles. The second-order valence-corrected chi connectivity index (χ2v) is 8.14. The Balaban J connectivity index is 1.18. The molecule has 0 spiro atoms. The third-order valence-corrected chi connectivity index (χ3v) is 5.77. The highest BCUT2D eigenvalue weighted by Gasteiger charge is 2.25. The second kappa shape index (κ2) is 8.32. The number of fused-ring (bicyclic) bond motifs is 1. The number of nitrogens with one attached hydrogen (secondary N) is 2. The van der Waals surface area contributed by atoms with Gasteiger partial charge in [0.15, 0.2) is 0 Å². The molecule has 0 radical (unpaired) electrons. The zero-order chi connectivity index (χ0) is 20.3. The molecule has 2 aromatic heterocycles. The van der Waals surface area contributed by atoms with Crippen LogP contribution in [0.4, 0.5) is 17.3 Å². The third kappa shape index (κ3) is 4.24. The Hall–Kier alpha value is -3.12. The summed E-state index contributed by atoms with van der Waals surface area (Å²) in [6, 6.07) is 10.5. The van der Waals surface area contributed by atoms with Crippen LogP contribution in [0.5, 0.6) is 0 Å². The summed E-state index contributed by atoms with van der Waals surface area (Å²) < 4.78 is 0. The number of aromatic nitrogens is 3. The van der Waals surface area contributed by atoms with Crippen molar-refractivity contribution in [2.45, 2.75) is 31.3 Å². The number of anilines is 3. The first kappa shape index (κ1) is 18.9. The predicted molar refractivity (Wildman–Crippen MR) is 123 cm³/mol. The normalized spacial score (nSPS) is 20.6. The number of rotatable bonds is 5. The summed E-state index contributed by atoms with van der Waals surface area (Å²) in [5.41, 5.74) is 2.76. The highest BCUT2D eigenvalue weighted by molar-refractivity contribution is 6.31. The molecule has 1 aromatic carbocycles. The van der Waals surface area contributed by atoms with E-state index in [2.05, 4.69) is 61.0 Å². The van der Waals surface area contributed by atoms with Crippen LogP contribution in [-0.2, 0) is 0 Å². The van der Waals surface area contributed by atoms with E-state index in [1.54, 1.807) is 6.20 Å². The van der Waals surface area contributed by atoms with Gasteiger partial charge in [0.2, 0.25) is 0 Å². The van der Waals surface area contributed by atoms with Crippen molar-refractivity contribution in [3.05, 3.63) is 72.2 Å². The molecule has 3 heterocycles. The van der Waals surface area contributed by atoms with Crippen molar-refractivity contribution >= 4 is 40.0 Å². The molecule has 6 nitrogen and oxygen atoms in total. The molecule has 3 aromatic rings. The van der Waals surface area contributed by atoms with Gasteiger partial charge in [0.25, 0.3) is 0 Å². The first-order chi connectivity index (χ1) is 14.7. The molecule has 0 saturated heterocycles. The Morgan fingerprint density at radius 1 is 0.900 bits per heavy atom. The molecule has 30 heavy (non-hydrogen) atoms. The molecule has 2 atom stereocenters. The maximum atomic E-state index is 6.08. The van der Waals surface area contributed by atoms with Gasteiger partial charge in [0, 0.05) is 29.9 Å². The van der Waals surface area contributed by atoms with Crippen LogP contribution >= 0.6 is 11.6 Å². The fourth-order valence-electron chi connectivity index (χ4n) is 4.02. The van der Waals surface area contributed by atoms with Crippen LogP contribution in [0.2, 0.25) is 5.02 Å². The molecule has 0 bridgehead atoms. The molecule has 0 unspecified atom stereocenters. The highest BCUT2D eigenvalue weighted by atomic mass is 35.5. The van der Waals surface area contributed by atoms with E-state index in [-0.39, 0.29) is 0 Å². The number of halogens is 1. The Kier molecular flexibility index (Phi) is 5.24. The molecular weight excluding hydrogens is 396 g/mol. The van der Waals surface area contributed by atoms with Gasteiger partial charge in [-0.15, -0.1) is 0 Å². The average molecular weight is 419 g/mol. The predicted octanol–water partition coefficient (Wildman–Crippen LogP) is 5.01. The Bertz CT molecular complexity index is 1090. The van der Waals surface area contributed by atoms with Crippen molar-refractivity contribution in [2.24, 2.45) is 0 Å². The van der Waals surface area contributed by atoms with Gasteiger partial charge in [-0.2, -0.15) is 0 Å². The van der Waals surface area contributed by atoms with Crippen LogP contribution in [0.15, 0.2) is 67.2 Å². The molecule has 1 aliphatic heterocycles. The molecule has 7 heteroatoms. The van der Waals surface area contributed by atoms with Gasteiger partial charge >= 0.3 is 0 Å². The smallest absolute Gasteiger partial charge is 0.145 e. The number of hydrogen-bond donors (Lipinski definition) is 2. The van der Waals surface area contributed by atoms with E-state index < -0.39 is 0 Å². The third-order valence-electron chi connectivity index (χ3n) is 5.54. The maximum Gasteiger partial charge on any atom is 0.145 e. The number of hydrogen-bond acceptors (Lipinski definition) is 6. The van der Waals surface area contributed by atoms with Crippen molar-refractivity contribution in [2.75, 3.05) is 22.1 Å². The summed E-state index contributed by atoms with van der Waals surface area (Å²) >= 11 is 6.08. The van der Waals surface area contributed by atoms with Gasteiger partial charge in [-0.25, -0.2) is 9.97 Å². The number of pyridine rings is 1. The Labute approximate surface area is 180 Å². The minimum Gasteiger partial charge on any atom is -0.367 e. The van der Waals surface area contributed by atoms with Crippen LogP contribution < -0.4 is 15.5 Å². The van der Waals surface area contributed by atoms with Crippen LogP contribution in [0.3, 0.4) is 0 Å². The fraction of sp³-hybridized carbons (Fsp3) is 0.261. The maximum absolute atomic E-state index is 6.08. The monoisotopic (exact) mass is 418 g/mol. The zero-order valence-corrected chi connectivity index (χ0v) is 17.3. The summed E-state index contributed by atoms with van der Waals surface area (Å²) in [6.07, 6.45) is 15.2. The largest absolute Gasteiger partial charge is 0.367 e. The average Bonchev–Trinajstić information content (AvgIpc) is 3.21. The van der Waals surface area contributed by atoms with Crippen LogP contribution in [0.1, 0.15) is 19.3 Å². The standard InChI is InChI=1S/C23H23ClN6/c24-16-4-8-20-21(12-16)29-23(15-25-20)28-18-6-5-17(13-18)27-22-9-7-19(14-26-22)30-10-2-1-3-11-30/h1-4,7-10,12,14-15,17-18H,5-6,11,13H2,(H,26,27)(H,28,29)/t17-,18-/m0/s1. The Morgan fingerprint density at radius 2 is 1.77 bits per heavy atom. The minimum atomic E-state index is 0.359. The van der Waals surface area contributed by atoms with E-state index in [1.165, 1.54) is 0 Å². The van der Waals surface area contributed by atoms with Crippen molar-refractivity contribution in [3.63, 3.8) is 0 Å². The number of allylic oxidation sites excluding steroid dienone is 2. The summed E-state index contributed by atoms with van der Waals surface area (Å²) in [5, 5.41) is 7.76. The lowest BCUT2D eigenvalue weighted by atomic mass is 10.2. The van der Waals surface area contributed by atoms with E-state index in [0.29, 0.717) is 17.1 Å². The lowest BCUT2D eigenvalue weighted by Gasteiger charge is -2.21. The molecule has 5 rings (SSSR count). The van der Waals surface area contributed by atoms with Crippen LogP contribution in [-0.4, -0.2) is 33.6 Å². The van der Waals surface area contributed by atoms with E-state index in [4.69, 9.17) is 11.6 Å². The minimum absolute atomic E-state index is 0.359. The van der Waals surface area contributed by atoms with E-state index in [9.17, 15) is 0 Å². The van der Waals surface area contributed by atoms with Crippen LogP contribution in [0.25, 0.3) is 11.0 Å². The fourth-order valence-corrected chi connectivity index (χ4v) is 4.18. The van der Waals surface area contributed by atoms with Crippen molar-refractivity contribution in [1.29, 1.82) is 0 Å². The Morgan fingerprint density at radius 3 is 2.53 bits per heavy atom. The number of nitrogens with zero attached hydrogens (tertiary/aromatic N) is 4. The first-order valence-electron chi connectivity index (χ1n) is 10.2. The summed E-state index contributed by atoms with van der Waals surface area (Å²) in [4.78, 5) is 15.9. The lowest BCUT2D eigenvalue weighted by Crippen LogP contribution is -2.22.